The van der Waals surface area contributed by atoms with Crippen LogP contribution in [0.25, 0.3) is 17.1 Å². The second-order valence-electron chi connectivity index (χ2n) is 9.03. The molecule has 2 heterocycles. The molecule has 35 heavy (non-hydrogen) atoms. The highest BCUT2D eigenvalue weighted by molar-refractivity contribution is 6.36. The number of hydrogen-bond acceptors (Lipinski definition) is 4. The van der Waals surface area contributed by atoms with Crippen molar-refractivity contribution in [2.45, 2.75) is 46.2 Å². The summed E-state index contributed by atoms with van der Waals surface area (Å²) >= 11 is 18.6. The minimum Gasteiger partial charge on any atom is -0.343 e. The minimum absolute atomic E-state index is 0.122. The van der Waals surface area contributed by atoms with Crippen LogP contribution >= 0.6 is 34.8 Å². The topological polar surface area (TPSA) is 77.6 Å². The highest BCUT2D eigenvalue weighted by atomic mass is 35.5. The van der Waals surface area contributed by atoms with E-state index in [2.05, 4.69) is 41.3 Å². The molecular weight excluding hydrogens is 507 g/mol. The summed E-state index contributed by atoms with van der Waals surface area (Å²) < 4.78 is 3.37. The molecule has 0 aliphatic carbocycles. The highest BCUT2D eigenvalue weighted by Crippen LogP contribution is 2.31. The van der Waals surface area contributed by atoms with Crippen LogP contribution < -0.4 is 5.32 Å². The molecule has 4 rings (SSSR count). The minimum atomic E-state index is -0.247. The molecule has 0 radical (unpaired) electrons. The largest absolute Gasteiger partial charge is 0.343 e. The lowest BCUT2D eigenvalue weighted by atomic mass is 9.92. The zero-order valence-corrected chi connectivity index (χ0v) is 22.1. The van der Waals surface area contributed by atoms with Gasteiger partial charge in [-0.3, -0.25) is 9.48 Å². The Kier molecular flexibility index (Phi) is 7.22. The first-order valence-electron chi connectivity index (χ1n) is 11.1. The molecule has 182 valence electrons. The Balaban J connectivity index is 1.65. The zero-order valence-electron chi connectivity index (χ0n) is 19.8. The van der Waals surface area contributed by atoms with Gasteiger partial charge in [0, 0.05) is 27.6 Å². The van der Waals surface area contributed by atoms with Crippen LogP contribution in [0.5, 0.6) is 0 Å². The molecule has 0 aliphatic rings. The summed E-state index contributed by atoms with van der Waals surface area (Å²) in [6.07, 6.45) is 0. The summed E-state index contributed by atoms with van der Waals surface area (Å²) in [6, 6.07) is 14.2. The summed E-state index contributed by atoms with van der Waals surface area (Å²) in [7, 11) is 0. The van der Waals surface area contributed by atoms with Gasteiger partial charge in [0.15, 0.2) is 11.6 Å². The van der Waals surface area contributed by atoms with Crippen LogP contribution in [-0.4, -0.2) is 30.5 Å². The van der Waals surface area contributed by atoms with Gasteiger partial charge in [0.05, 0.1) is 22.9 Å². The molecule has 1 amide bonds. The van der Waals surface area contributed by atoms with Gasteiger partial charge in [-0.25, -0.2) is 9.67 Å². The average Bonchev–Trinajstić information content (AvgIpc) is 3.43. The number of hydrogen-bond donors (Lipinski definition) is 1. The number of aryl methyl sites for hydroxylation is 1. The van der Waals surface area contributed by atoms with Gasteiger partial charge >= 0.3 is 0 Å². The van der Waals surface area contributed by atoms with Gasteiger partial charge in [0.2, 0.25) is 0 Å². The van der Waals surface area contributed by atoms with Crippen molar-refractivity contribution in [1.82, 2.24) is 29.9 Å². The number of aromatic nitrogens is 5. The Morgan fingerprint density at radius 2 is 1.66 bits per heavy atom. The van der Waals surface area contributed by atoms with Gasteiger partial charge in [-0.05, 0) is 55.5 Å². The lowest BCUT2D eigenvalue weighted by Crippen LogP contribution is -2.26. The molecule has 1 N–H and O–H groups in total. The zero-order chi connectivity index (χ0) is 25.3. The van der Waals surface area contributed by atoms with E-state index in [0.29, 0.717) is 44.5 Å². The van der Waals surface area contributed by atoms with Gasteiger partial charge < -0.3 is 5.32 Å². The van der Waals surface area contributed by atoms with Crippen LogP contribution in [-0.2, 0) is 18.5 Å². The summed E-state index contributed by atoms with van der Waals surface area (Å²) in [6.45, 7) is 8.85. The number of nitrogens with zero attached hydrogens (tertiary/aromatic N) is 5. The molecular formula is C25H25Cl3N6O. The van der Waals surface area contributed by atoms with Crippen molar-refractivity contribution in [3.05, 3.63) is 80.8 Å². The van der Waals surface area contributed by atoms with E-state index in [9.17, 15) is 4.79 Å². The number of benzene rings is 2. The van der Waals surface area contributed by atoms with E-state index in [0.717, 1.165) is 11.4 Å². The second kappa shape index (κ2) is 10.0. The van der Waals surface area contributed by atoms with Crippen molar-refractivity contribution in [2.75, 3.05) is 0 Å². The van der Waals surface area contributed by atoms with E-state index in [-0.39, 0.29) is 17.9 Å². The van der Waals surface area contributed by atoms with Crippen molar-refractivity contribution in [3.63, 3.8) is 0 Å². The van der Waals surface area contributed by atoms with E-state index in [4.69, 9.17) is 34.8 Å². The number of amides is 1. The van der Waals surface area contributed by atoms with Crippen LogP contribution in [0.15, 0.2) is 48.5 Å². The Labute approximate surface area is 219 Å². The highest BCUT2D eigenvalue weighted by Gasteiger charge is 2.23. The van der Waals surface area contributed by atoms with E-state index in [1.165, 1.54) is 0 Å². The lowest BCUT2D eigenvalue weighted by Gasteiger charge is -2.13. The first-order chi connectivity index (χ1) is 16.6. The predicted molar refractivity (Wildman–Crippen MR) is 140 cm³/mol. The van der Waals surface area contributed by atoms with Crippen LogP contribution in [0.1, 0.15) is 49.7 Å². The molecule has 0 bridgehead atoms. The first-order valence-corrected chi connectivity index (χ1v) is 12.2. The standard InChI is InChI=1S/C25H25Cl3N6O/c1-5-33-20(13-21(31-33)25(2,3)4)24(35)29-14-22-30-23(18-11-8-16(27)12-19(18)28)34(32-22)17-9-6-15(26)7-10-17/h6-13H,5,14H2,1-4H3,(H,29,35). The van der Waals surface area contributed by atoms with E-state index in [1.807, 2.05) is 25.1 Å². The van der Waals surface area contributed by atoms with Crippen molar-refractivity contribution in [1.29, 1.82) is 0 Å². The molecule has 0 aliphatic heterocycles. The summed E-state index contributed by atoms with van der Waals surface area (Å²) in [5, 5.41) is 13.7. The van der Waals surface area contributed by atoms with Gasteiger partial charge in [-0.1, -0.05) is 55.6 Å². The normalized spacial score (nSPS) is 11.6. The maximum atomic E-state index is 13.0. The molecule has 7 nitrogen and oxygen atoms in total. The van der Waals surface area contributed by atoms with Gasteiger partial charge in [0.1, 0.15) is 5.69 Å². The molecule has 0 saturated carbocycles. The predicted octanol–water partition coefficient (Wildman–Crippen LogP) is 6.34. The van der Waals surface area contributed by atoms with E-state index in [1.54, 1.807) is 39.7 Å². The summed E-state index contributed by atoms with van der Waals surface area (Å²) in [4.78, 5) is 17.7. The maximum Gasteiger partial charge on any atom is 0.269 e. The number of carbonyl (C=O) groups excluding carboxylic acids is 1. The molecule has 0 spiro atoms. The molecule has 2 aromatic heterocycles. The SMILES string of the molecule is CCn1nc(C(C)(C)C)cc1C(=O)NCc1nc(-c2ccc(Cl)cc2Cl)n(-c2ccc(Cl)cc2)n1. The molecule has 2 aromatic carbocycles. The Morgan fingerprint density at radius 1 is 0.971 bits per heavy atom. The maximum absolute atomic E-state index is 13.0. The van der Waals surface area contributed by atoms with Gasteiger partial charge in [0.25, 0.3) is 5.91 Å². The fraction of sp³-hybridized carbons (Fsp3) is 0.280. The van der Waals surface area contributed by atoms with Crippen LogP contribution in [0.2, 0.25) is 15.1 Å². The molecule has 0 saturated heterocycles. The fourth-order valence-corrected chi connectivity index (χ4v) is 4.11. The summed E-state index contributed by atoms with van der Waals surface area (Å²) in [5.41, 5.74) is 2.60. The van der Waals surface area contributed by atoms with Gasteiger partial charge in [-0.15, -0.1) is 5.10 Å². The van der Waals surface area contributed by atoms with Gasteiger partial charge in [-0.2, -0.15) is 5.10 Å². The number of carbonyl (C=O) groups is 1. The second-order valence-corrected chi connectivity index (χ2v) is 10.3. The number of nitrogens with one attached hydrogen (secondary N) is 1. The quantitative estimate of drug-likeness (QED) is 0.315. The van der Waals surface area contributed by atoms with Crippen molar-refractivity contribution < 1.29 is 4.79 Å². The molecule has 10 heteroatoms. The fourth-order valence-electron chi connectivity index (χ4n) is 3.49. The van der Waals surface area contributed by atoms with E-state index < -0.39 is 0 Å². The molecule has 4 aromatic rings. The molecule has 0 fully saturated rings. The van der Waals surface area contributed by atoms with Crippen LogP contribution in [0, 0.1) is 0 Å². The molecule has 0 atom stereocenters. The smallest absolute Gasteiger partial charge is 0.269 e. The van der Waals surface area contributed by atoms with Crippen molar-refractivity contribution in [2.24, 2.45) is 0 Å². The monoisotopic (exact) mass is 530 g/mol. The van der Waals surface area contributed by atoms with Crippen molar-refractivity contribution >= 4 is 40.7 Å². The Morgan fingerprint density at radius 3 is 2.29 bits per heavy atom. The Hall–Kier alpha value is -2.87. The Bertz CT molecular complexity index is 1370. The third-order valence-corrected chi connectivity index (χ3v) is 6.18. The number of halogens is 3. The third kappa shape index (κ3) is 5.53. The lowest BCUT2D eigenvalue weighted by molar-refractivity contribution is 0.0939. The third-order valence-electron chi connectivity index (χ3n) is 5.38. The number of rotatable bonds is 6. The first kappa shape index (κ1) is 25.2. The van der Waals surface area contributed by atoms with E-state index >= 15 is 0 Å². The van der Waals surface area contributed by atoms with Crippen molar-refractivity contribution in [3.8, 4) is 17.1 Å². The summed E-state index contributed by atoms with van der Waals surface area (Å²) in [5.74, 6) is 0.698. The van der Waals surface area contributed by atoms with Crippen LogP contribution in [0.4, 0.5) is 0 Å². The van der Waals surface area contributed by atoms with Crippen LogP contribution in [0.3, 0.4) is 0 Å². The molecule has 0 unspecified atom stereocenters. The average molecular weight is 532 g/mol.